The first-order valence-corrected chi connectivity index (χ1v) is 8.38. The third kappa shape index (κ3) is 4.51. The second-order valence-electron chi connectivity index (χ2n) is 6.61. The van der Waals surface area contributed by atoms with Crippen molar-refractivity contribution in [2.24, 2.45) is 10.7 Å². The Morgan fingerprint density at radius 1 is 1.42 bits per heavy atom. The summed E-state index contributed by atoms with van der Waals surface area (Å²) in [6.07, 6.45) is 1.81. The Morgan fingerprint density at radius 2 is 2.12 bits per heavy atom. The van der Waals surface area contributed by atoms with Crippen LogP contribution in [0.15, 0.2) is 35.3 Å². The molecule has 5 nitrogen and oxygen atoms in total. The number of aryl methyl sites for hydroxylation is 1. The molecule has 0 unspecified atom stereocenters. The average Bonchev–Trinajstić information content (AvgIpc) is 2.59. The monoisotopic (exact) mass is 331 g/mol. The lowest BCUT2D eigenvalue weighted by Crippen LogP contribution is -2.39. The van der Waals surface area contributed by atoms with E-state index in [4.69, 9.17) is 15.2 Å². The highest BCUT2D eigenvalue weighted by Gasteiger charge is 2.37. The number of nitrogens with one attached hydrogen (secondary N) is 1. The molecule has 0 radical (unpaired) electrons. The van der Waals surface area contributed by atoms with Crippen molar-refractivity contribution in [2.45, 2.75) is 32.1 Å². The largest absolute Gasteiger partial charge is 0.496 e. The second-order valence-corrected chi connectivity index (χ2v) is 6.61. The van der Waals surface area contributed by atoms with E-state index < -0.39 is 0 Å². The molecule has 0 spiro atoms. The highest BCUT2D eigenvalue weighted by atomic mass is 16.5. The highest BCUT2D eigenvalue weighted by Crippen LogP contribution is 2.40. The molecule has 1 saturated heterocycles. The normalized spacial score (nSPS) is 17.4. The van der Waals surface area contributed by atoms with Gasteiger partial charge in [0.15, 0.2) is 5.96 Å². The minimum atomic E-state index is -0.106. The molecule has 0 aromatic heterocycles. The Bertz CT molecular complexity index is 605. The van der Waals surface area contributed by atoms with Crippen molar-refractivity contribution in [1.82, 2.24) is 5.32 Å². The van der Waals surface area contributed by atoms with Gasteiger partial charge in [-0.3, -0.25) is 4.99 Å². The Morgan fingerprint density at radius 3 is 2.75 bits per heavy atom. The van der Waals surface area contributed by atoms with Crippen LogP contribution in [0.4, 0.5) is 0 Å². The highest BCUT2D eigenvalue weighted by molar-refractivity contribution is 5.78. The van der Waals surface area contributed by atoms with E-state index in [0.29, 0.717) is 19.0 Å². The molecule has 1 aromatic carbocycles. The number of nitrogens with two attached hydrogens (primary N) is 1. The van der Waals surface area contributed by atoms with Crippen molar-refractivity contribution >= 4 is 5.96 Å². The maximum Gasteiger partial charge on any atom is 0.188 e. The molecule has 0 bridgehead atoms. The van der Waals surface area contributed by atoms with Crippen molar-refractivity contribution < 1.29 is 9.47 Å². The molecule has 2 rings (SSSR count). The fraction of sp³-hybridized carbons (Fsp3) is 0.526. The summed E-state index contributed by atoms with van der Waals surface area (Å²) < 4.78 is 11.2. The summed E-state index contributed by atoms with van der Waals surface area (Å²) in [5.74, 6) is 1.36. The summed E-state index contributed by atoms with van der Waals surface area (Å²) in [6, 6.07) is 6.31. The Labute approximate surface area is 144 Å². The SMILES string of the molecule is C=C(C)CNC(N)=NCC1(c2cc(C)ccc2OC)CCOCC1. The van der Waals surface area contributed by atoms with Crippen LogP contribution in [-0.2, 0) is 10.2 Å². The van der Waals surface area contributed by atoms with E-state index in [2.05, 4.69) is 35.9 Å². The van der Waals surface area contributed by atoms with Gasteiger partial charge in [0.05, 0.1) is 13.7 Å². The molecule has 0 amide bonds. The molecule has 1 aliphatic rings. The van der Waals surface area contributed by atoms with E-state index in [-0.39, 0.29) is 5.41 Å². The van der Waals surface area contributed by atoms with Crippen LogP contribution in [0.5, 0.6) is 5.75 Å². The number of benzene rings is 1. The van der Waals surface area contributed by atoms with Gasteiger partial charge in [0.1, 0.15) is 5.75 Å². The molecule has 1 aromatic rings. The fourth-order valence-corrected chi connectivity index (χ4v) is 3.04. The molecule has 1 heterocycles. The fourth-order valence-electron chi connectivity index (χ4n) is 3.04. The smallest absolute Gasteiger partial charge is 0.188 e. The molecule has 1 aliphatic heterocycles. The molecule has 1 fully saturated rings. The molecule has 0 aliphatic carbocycles. The van der Waals surface area contributed by atoms with Crippen molar-refractivity contribution in [3.63, 3.8) is 0 Å². The zero-order valence-corrected chi connectivity index (χ0v) is 15.0. The van der Waals surface area contributed by atoms with Crippen molar-refractivity contribution in [3.05, 3.63) is 41.5 Å². The molecule has 132 valence electrons. The summed E-state index contributed by atoms with van der Waals surface area (Å²) in [4.78, 5) is 4.60. The average molecular weight is 331 g/mol. The zero-order chi connectivity index (χ0) is 17.6. The van der Waals surface area contributed by atoms with Gasteiger partial charge in [-0.05, 0) is 32.8 Å². The molecule has 0 atom stereocenters. The second kappa shape index (κ2) is 8.20. The van der Waals surface area contributed by atoms with E-state index in [1.54, 1.807) is 7.11 Å². The third-order valence-corrected chi connectivity index (χ3v) is 4.50. The van der Waals surface area contributed by atoms with Crippen LogP contribution < -0.4 is 15.8 Å². The van der Waals surface area contributed by atoms with Crippen molar-refractivity contribution in [2.75, 3.05) is 33.4 Å². The van der Waals surface area contributed by atoms with Crippen molar-refractivity contribution in [3.8, 4) is 5.75 Å². The molecular weight excluding hydrogens is 302 g/mol. The van der Waals surface area contributed by atoms with Crippen LogP contribution in [0.3, 0.4) is 0 Å². The standard InChI is InChI=1S/C19H29N3O2/c1-14(2)12-21-18(20)22-13-19(7-9-24-10-8-19)16-11-15(3)5-6-17(16)23-4/h5-6,11H,1,7-10,12-13H2,2-4H3,(H3,20,21,22). The Kier molecular flexibility index (Phi) is 6.26. The van der Waals surface area contributed by atoms with Crippen LogP contribution in [0.25, 0.3) is 0 Å². The van der Waals surface area contributed by atoms with Crippen LogP contribution in [0.1, 0.15) is 30.9 Å². The maximum atomic E-state index is 6.01. The van der Waals surface area contributed by atoms with Crippen LogP contribution >= 0.6 is 0 Å². The molecular formula is C19H29N3O2. The lowest BCUT2D eigenvalue weighted by Gasteiger charge is -2.37. The number of ether oxygens (including phenoxy) is 2. The minimum absolute atomic E-state index is 0.106. The van der Waals surface area contributed by atoms with Gasteiger partial charge in [-0.2, -0.15) is 0 Å². The lowest BCUT2D eigenvalue weighted by molar-refractivity contribution is 0.0523. The van der Waals surface area contributed by atoms with Gasteiger partial charge in [0.25, 0.3) is 0 Å². The number of hydrogen-bond acceptors (Lipinski definition) is 3. The first-order valence-electron chi connectivity index (χ1n) is 8.38. The number of hydrogen-bond donors (Lipinski definition) is 2. The Balaban J connectivity index is 2.28. The first kappa shape index (κ1) is 18.3. The number of methoxy groups -OCH3 is 1. The lowest BCUT2D eigenvalue weighted by atomic mass is 9.73. The third-order valence-electron chi connectivity index (χ3n) is 4.50. The van der Waals surface area contributed by atoms with Gasteiger partial charge >= 0.3 is 0 Å². The van der Waals surface area contributed by atoms with Gasteiger partial charge in [0.2, 0.25) is 0 Å². The summed E-state index contributed by atoms with van der Waals surface area (Å²) in [6.45, 7) is 10.6. The van der Waals surface area contributed by atoms with E-state index in [1.807, 2.05) is 13.0 Å². The summed E-state index contributed by atoms with van der Waals surface area (Å²) in [5.41, 5.74) is 9.34. The zero-order valence-electron chi connectivity index (χ0n) is 15.0. The number of rotatable bonds is 6. The summed E-state index contributed by atoms with van der Waals surface area (Å²) in [7, 11) is 1.72. The Hall–Kier alpha value is -2.01. The quantitative estimate of drug-likeness (QED) is 0.477. The number of aliphatic imine (C=N–C) groups is 1. The topological polar surface area (TPSA) is 68.9 Å². The van der Waals surface area contributed by atoms with E-state index in [9.17, 15) is 0 Å². The van der Waals surface area contributed by atoms with E-state index in [1.165, 1.54) is 11.1 Å². The van der Waals surface area contributed by atoms with Gasteiger partial charge in [-0.25, -0.2) is 0 Å². The van der Waals surface area contributed by atoms with Gasteiger partial charge < -0.3 is 20.5 Å². The van der Waals surface area contributed by atoms with Gasteiger partial charge in [-0.15, -0.1) is 0 Å². The van der Waals surface area contributed by atoms with Gasteiger partial charge in [-0.1, -0.05) is 29.8 Å². The van der Waals surface area contributed by atoms with E-state index in [0.717, 1.165) is 37.4 Å². The number of nitrogens with zero attached hydrogens (tertiary/aromatic N) is 1. The molecule has 0 saturated carbocycles. The molecule has 24 heavy (non-hydrogen) atoms. The van der Waals surface area contributed by atoms with Crippen molar-refractivity contribution in [1.29, 1.82) is 0 Å². The summed E-state index contributed by atoms with van der Waals surface area (Å²) in [5, 5.41) is 3.10. The predicted molar refractivity (Wildman–Crippen MR) is 98.8 cm³/mol. The summed E-state index contributed by atoms with van der Waals surface area (Å²) >= 11 is 0. The van der Waals surface area contributed by atoms with Crippen LogP contribution in [0, 0.1) is 6.92 Å². The maximum absolute atomic E-state index is 6.01. The van der Waals surface area contributed by atoms with E-state index >= 15 is 0 Å². The van der Waals surface area contributed by atoms with Gasteiger partial charge in [0, 0.05) is 30.7 Å². The first-order chi connectivity index (χ1) is 11.5. The minimum Gasteiger partial charge on any atom is -0.496 e. The van der Waals surface area contributed by atoms with Crippen LogP contribution in [-0.4, -0.2) is 39.4 Å². The molecule has 5 heteroatoms. The van der Waals surface area contributed by atoms with Crippen LogP contribution in [0.2, 0.25) is 0 Å². The predicted octanol–water partition coefficient (Wildman–Crippen LogP) is 2.53. The molecule has 3 N–H and O–H groups in total. The number of guanidine groups is 1.